The summed E-state index contributed by atoms with van der Waals surface area (Å²) in [6, 6.07) is 1.28. The molecule has 0 bridgehead atoms. The van der Waals surface area contributed by atoms with Crippen LogP contribution in [0.4, 0.5) is 10.5 Å². The molecule has 0 fully saturated rings. The van der Waals surface area contributed by atoms with Gasteiger partial charge in [0.05, 0.1) is 23.5 Å². The van der Waals surface area contributed by atoms with E-state index in [-0.39, 0.29) is 5.92 Å². The summed E-state index contributed by atoms with van der Waals surface area (Å²) in [6.45, 7) is 9.07. The number of hydrogen-bond acceptors (Lipinski definition) is 5. The Morgan fingerprint density at radius 2 is 2.17 bits per heavy atom. The minimum atomic E-state index is -1.08. The highest BCUT2D eigenvalue weighted by atomic mass is 16.6. The summed E-state index contributed by atoms with van der Waals surface area (Å²) in [5, 5.41) is 13.6. The van der Waals surface area contributed by atoms with Crippen molar-refractivity contribution in [3.05, 3.63) is 30.1 Å². The number of anilines is 1. The Morgan fingerprint density at radius 3 is 2.75 bits per heavy atom. The highest BCUT2D eigenvalue weighted by Gasteiger charge is 2.41. The normalized spacial score (nSPS) is 27.3. The van der Waals surface area contributed by atoms with Gasteiger partial charge in [-0.25, -0.2) is 4.79 Å². The molecule has 0 saturated heterocycles. The Kier molecular flexibility index (Phi) is 4.90. The second-order valence-electron chi connectivity index (χ2n) is 7.61. The minimum Gasteiger partial charge on any atom is -0.444 e. The maximum atomic E-state index is 12.1. The second-order valence-corrected chi connectivity index (χ2v) is 7.61. The molecule has 6 heteroatoms. The molecule has 1 aliphatic rings. The number of hydrogen-bond donors (Lipinski definition) is 3. The van der Waals surface area contributed by atoms with Crippen LogP contribution in [-0.2, 0) is 4.74 Å². The SMILES string of the molecule is C[C@H]1CC(c2ccncc2N)=C[C@@H](NC(=O)OC(C)(C)C)[C@]1(C)O. The fourth-order valence-electron chi connectivity index (χ4n) is 2.80. The van der Waals surface area contributed by atoms with Gasteiger partial charge in [-0.2, -0.15) is 0 Å². The van der Waals surface area contributed by atoms with E-state index in [9.17, 15) is 9.90 Å². The van der Waals surface area contributed by atoms with Gasteiger partial charge < -0.3 is 20.9 Å². The number of nitrogen functional groups attached to an aromatic ring is 1. The van der Waals surface area contributed by atoms with Crippen LogP contribution in [0.15, 0.2) is 24.5 Å². The zero-order chi connectivity index (χ0) is 18.1. The van der Waals surface area contributed by atoms with E-state index in [1.165, 1.54) is 0 Å². The maximum Gasteiger partial charge on any atom is 0.408 e. The van der Waals surface area contributed by atoms with E-state index in [1.54, 1.807) is 40.1 Å². The largest absolute Gasteiger partial charge is 0.444 e. The average Bonchev–Trinajstić information content (AvgIpc) is 2.42. The molecule has 3 atom stereocenters. The average molecular weight is 333 g/mol. The van der Waals surface area contributed by atoms with Gasteiger partial charge in [0.25, 0.3) is 0 Å². The molecule has 0 aromatic carbocycles. The molecule has 1 aromatic rings. The highest BCUT2D eigenvalue weighted by molar-refractivity contribution is 5.77. The fourth-order valence-corrected chi connectivity index (χ4v) is 2.80. The molecular formula is C18H27N3O3. The van der Waals surface area contributed by atoms with E-state index >= 15 is 0 Å². The van der Waals surface area contributed by atoms with Gasteiger partial charge in [-0.15, -0.1) is 0 Å². The molecule has 1 aromatic heterocycles. The van der Waals surface area contributed by atoms with Crippen molar-refractivity contribution in [2.45, 2.75) is 58.3 Å². The van der Waals surface area contributed by atoms with Gasteiger partial charge in [-0.1, -0.05) is 13.0 Å². The topological polar surface area (TPSA) is 97.5 Å². The molecule has 1 amide bonds. The quantitative estimate of drug-likeness (QED) is 0.773. The van der Waals surface area contributed by atoms with Crippen LogP contribution in [0.25, 0.3) is 5.57 Å². The number of allylic oxidation sites excluding steroid dienone is 1. The van der Waals surface area contributed by atoms with Gasteiger partial charge >= 0.3 is 6.09 Å². The first-order chi connectivity index (χ1) is 11.0. The van der Waals surface area contributed by atoms with Crippen molar-refractivity contribution >= 4 is 17.4 Å². The Balaban J connectivity index is 2.30. The van der Waals surface area contributed by atoms with Crippen molar-refractivity contribution in [3.63, 3.8) is 0 Å². The number of aliphatic hydroxyl groups is 1. The lowest BCUT2D eigenvalue weighted by molar-refractivity contribution is -0.0222. The number of amides is 1. The standard InChI is InChI=1S/C18H27N3O3/c1-11-8-12(13-6-7-20-10-14(13)19)9-15(18(11,5)23)21-16(22)24-17(2,3)4/h6-7,9-11,15,23H,8,19H2,1-5H3,(H,21,22)/t11-,15+,18+/m0/s1. The zero-order valence-corrected chi connectivity index (χ0v) is 15.0. The van der Waals surface area contributed by atoms with Crippen LogP contribution >= 0.6 is 0 Å². The van der Waals surface area contributed by atoms with Gasteiger partial charge in [0.15, 0.2) is 0 Å². The molecule has 0 saturated carbocycles. The number of nitrogens with two attached hydrogens (primary N) is 1. The summed E-state index contributed by atoms with van der Waals surface area (Å²) < 4.78 is 5.31. The number of alkyl carbamates (subject to hydrolysis) is 1. The van der Waals surface area contributed by atoms with E-state index < -0.39 is 23.3 Å². The monoisotopic (exact) mass is 333 g/mol. The number of carbonyl (C=O) groups is 1. The summed E-state index contributed by atoms with van der Waals surface area (Å²) in [6.07, 6.45) is 5.24. The summed E-state index contributed by atoms with van der Waals surface area (Å²) in [5.74, 6) is -0.0648. The summed E-state index contributed by atoms with van der Waals surface area (Å²) in [5.41, 5.74) is 6.77. The third kappa shape index (κ3) is 4.06. The Bertz CT molecular complexity index is 647. The summed E-state index contributed by atoms with van der Waals surface area (Å²) >= 11 is 0. The van der Waals surface area contributed by atoms with Crippen molar-refractivity contribution in [2.24, 2.45) is 5.92 Å². The first-order valence-electron chi connectivity index (χ1n) is 8.13. The molecule has 24 heavy (non-hydrogen) atoms. The Morgan fingerprint density at radius 1 is 1.50 bits per heavy atom. The number of carbonyl (C=O) groups excluding carboxylic acids is 1. The smallest absolute Gasteiger partial charge is 0.408 e. The number of rotatable bonds is 2. The molecule has 0 aliphatic heterocycles. The lowest BCUT2D eigenvalue weighted by atomic mass is 9.73. The molecule has 132 valence electrons. The number of nitrogens with zero attached hydrogens (tertiary/aromatic N) is 1. The molecule has 6 nitrogen and oxygen atoms in total. The fraction of sp³-hybridized carbons (Fsp3) is 0.556. The molecule has 1 heterocycles. The molecule has 0 spiro atoms. The molecule has 4 N–H and O–H groups in total. The van der Waals surface area contributed by atoms with Crippen LogP contribution in [0.1, 0.15) is 46.6 Å². The van der Waals surface area contributed by atoms with Gasteiger partial charge in [0, 0.05) is 11.8 Å². The van der Waals surface area contributed by atoms with Gasteiger partial charge in [-0.3, -0.25) is 4.98 Å². The second kappa shape index (κ2) is 6.43. The molecule has 0 radical (unpaired) electrons. The third-order valence-electron chi connectivity index (χ3n) is 4.39. The van der Waals surface area contributed by atoms with Gasteiger partial charge in [0.1, 0.15) is 5.60 Å². The highest BCUT2D eigenvalue weighted by Crippen LogP contribution is 2.38. The van der Waals surface area contributed by atoms with Gasteiger partial charge in [0.2, 0.25) is 0 Å². The van der Waals surface area contributed by atoms with Crippen LogP contribution in [0.5, 0.6) is 0 Å². The van der Waals surface area contributed by atoms with Crippen LogP contribution < -0.4 is 11.1 Å². The van der Waals surface area contributed by atoms with Crippen molar-refractivity contribution in [1.29, 1.82) is 0 Å². The maximum absolute atomic E-state index is 12.1. The van der Waals surface area contributed by atoms with Crippen LogP contribution in [-0.4, -0.2) is 33.4 Å². The van der Waals surface area contributed by atoms with Crippen LogP contribution in [0.3, 0.4) is 0 Å². The summed E-state index contributed by atoms with van der Waals surface area (Å²) in [7, 11) is 0. The van der Waals surface area contributed by atoms with E-state index in [0.29, 0.717) is 12.1 Å². The zero-order valence-electron chi connectivity index (χ0n) is 15.0. The first-order valence-corrected chi connectivity index (χ1v) is 8.13. The number of ether oxygens (including phenoxy) is 1. The molecule has 0 unspecified atom stereocenters. The van der Waals surface area contributed by atoms with Crippen molar-refractivity contribution in [2.75, 3.05) is 5.73 Å². The van der Waals surface area contributed by atoms with Crippen LogP contribution in [0, 0.1) is 5.92 Å². The van der Waals surface area contributed by atoms with E-state index in [1.807, 2.05) is 19.1 Å². The third-order valence-corrected chi connectivity index (χ3v) is 4.39. The lowest BCUT2D eigenvalue weighted by Gasteiger charge is -2.41. The first kappa shape index (κ1) is 18.3. The molecule has 2 rings (SSSR count). The van der Waals surface area contributed by atoms with Crippen molar-refractivity contribution < 1.29 is 14.6 Å². The Hall–Kier alpha value is -2.08. The Labute approximate surface area is 143 Å². The predicted octanol–water partition coefficient (Wildman–Crippen LogP) is 2.73. The van der Waals surface area contributed by atoms with Crippen LogP contribution in [0.2, 0.25) is 0 Å². The van der Waals surface area contributed by atoms with Crippen molar-refractivity contribution in [1.82, 2.24) is 10.3 Å². The number of nitrogens with one attached hydrogen (secondary N) is 1. The predicted molar refractivity (Wildman–Crippen MR) is 94.2 cm³/mol. The number of pyridine rings is 1. The summed E-state index contributed by atoms with van der Waals surface area (Å²) in [4.78, 5) is 16.1. The minimum absolute atomic E-state index is 0.0648. The van der Waals surface area contributed by atoms with E-state index in [0.717, 1.165) is 11.1 Å². The van der Waals surface area contributed by atoms with Gasteiger partial charge in [-0.05, 0) is 51.7 Å². The lowest BCUT2D eigenvalue weighted by Crippen LogP contribution is -2.56. The van der Waals surface area contributed by atoms with E-state index in [4.69, 9.17) is 10.5 Å². The molecular weight excluding hydrogens is 306 g/mol. The number of aromatic nitrogens is 1. The van der Waals surface area contributed by atoms with E-state index in [2.05, 4.69) is 10.3 Å². The van der Waals surface area contributed by atoms with Crippen molar-refractivity contribution in [3.8, 4) is 0 Å². The molecule has 1 aliphatic carbocycles.